The Bertz CT molecular complexity index is 761. The fourth-order valence-corrected chi connectivity index (χ4v) is 2.83. The molecule has 3 aromatic rings. The molecule has 0 aliphatic rings. The Hall–Kier alpha value is -1.47. The number of hydrogen-bond donors (Lipinski definition) is 0. The van der Waals surface area contributed by atoms with Crippen LogP contribution in [0.2, 0.25) is 0 Å². The number of alkyl halides is 2. The van der Waals surface area contributed by atoms with E-state index in [1.807, 2.05) is 31.2 Å². The molecule has 2 aromatic carbocycles. The number of hydrogen-bond acceptors (Lipinski definition) is 1. The summed E-state index contributed by atoms with van der Waals surface area (Å²) < 4.78 is 34.0. The third-order valence-electron chi connectivity index (χ3n) is 3.38. The zero-order chi connectivity index (χ0) is 13.6. The number of rotatable bonds is 2. The Morgan fingerprint density at radius 3 is 2.58 bits per heavy atom. The SMILES string of the molecule is CPC(F)(F)c1ccc(C)c2oc3ccccc3c12. The van der Waals surface area contributed by atoms with E-state index >= 15 is 0 Å². The number of aryl methyl sites for hydroxylation is 1. The van der Waals surface area contributed by atoms with Crippen molar-refractivity contribution >= 4 is 30.5 Å². The monoisotopic (exact) mass is 278 g/mol. The number of halogens is 2. The van der Waals surface area contributed by atoms with Crippen molar-refractivity contribution in [1.82, 2.24) is 0 Å². The minimum absolute atomic E-state index is 0.0684. The summed E-state index contributed by atoms with van der Waals surface area (Å²) in [5.41, 5.74) is -0.637. The van der Waals surface area contributed by atoms with Crippen LogP contribution >= 0.6 is 8.58 Å². The van der Waals surface area contributed by atoms with E-state index in [1.54, 1.807) is 6.07 Å². The van der Waals surface area contributed by atoms with Gasteiger partial charge in [-0.15, -0.1) is 0 Å². The van der Waals surface area contributed by atoms with Crippen LogP contribution in [0.4, 0.5) is 8.78 Å². The van der Waals surface area contributed by atoms with Crippen LogP contribution in [0, 0.1) is 6.92 Å². The van der Waals surface area contributed by atoms with Gasteiger partial charge >= 0.3 is 0 Å². The number of para-hydroxylation sites is 1. The van der Waals surface area contributed by atoms with Crippen LogP contribution in [-0.2, 0) is 5.66 Å². The lowest BCUT2D eigenvalue weighted by Crippen LogP contribution is -2.06. The van der Waals surface area contributed by atoms with Gasteiger partial charge in [0.1, 0.15) is 11.2 Å². The lowest BCUT2D eigenvalue weighted by molar-refractivity contribution is 0.103. The number of furan rings is 1. The van der Waals surface area contributed by atoms with Gasteiger partial charge in [0.2, 0.25) is 0 Å². The van der Waals surface area contributed by atoms with Gasteiger partial charge in [-0.05, 0) is 33.8 Å². The maximum absolute atomic E-state index is 14.1. The molecule has 0 saturated heterocycles. The molecule has 3 rings (SSSR count). The highest BCUT2D eigenvalue weighted by Gasteiger charge is 2.32. The second-order valence-electron chi connectivity index (χ2n) is 4.56. The summed E-state index contributed by atoms with van der Waals surface area (Å²) in [7, 11) is -0.469. The molecule has 0 spiro atoms. The summed E-state index contributed by atoms with van der Waals surface area (Å²) in [4.78, 5) is 0. The van der Waals surface area contributed by atoms with Crippen LogP contribution in [0.25, 0.3) is 21.9 Å². The largest absolute Gasteiger partial charge is 0.456 e. The van der Waals surface area contributed by atoms with E-state index in [-0.39, 0.29) is 5.56 Å². The molecule has 1 heterocycles. The molecule has 0 bridgehead atoms. The summed E-state index contributed by atoms with van der Waals surface area (Å²) in [5, 5.41) is 1.31. The normalized spacial score (nSPS) is 13.1. The maximum Gasteiger partial charge on any atom is 0.287 e. The molecule has 0 aliphatic carbocycles. The third-order valence-corrected chi connectivity index (χ3v) is 4.27. The van der Waals surface area contributed by atoms with Crippen LogP contribution in [0.15, 0.2) is 40.8 Å². The van der Waals surface area contributed by atoms with Gasteiger partial charge in [0.25, 0.3) is 5.66 Å². The molecule has 0 amide bonds. The maximum atomic E-state index is 14.1. The van der Waals surface area contributed by atoms with Crippen molar-refractivity contribution in [1.29, 1.82) is 0 Å². The quantitative estimate of drug-likeness (QED) is 0.583. The molecule has 98 valence electrons. The van der Waals surface area contributed by atoms with Crippen molar-refractivity contribution in [3.05, 3.63) is 47.5 Å². The second kappa shape index (κ2) is 4.28. The first kappa shape index (κ1) is 12.6. The number of benzene rings is 2. The first-order chi connectivity index (χ1) is 9.04. The summed E-state index contributed by atoms with van der Waals surface area (Å²) in [6.07, 6.45) is 0. The molecule has 4 heteroatoms. The van der Waals surface area contributed by atoms with Crippen molar-refractivity contribution in [2.24, 2.45) is 0 Å². The zero-order valence-electron chi connectivity index (χ0n) is 10.6. The smallest absolute Gasteiger partial charge is 0.287 e. The number of fused-ring (bicyclic) bond motifs is 3. The average Bonchev–Trinajstić information content (AvgIpc) is 2.79. The Morgan fingerprint density at radius 2 is 1.84 bits per heavy atom. The van der Waals surface area contributed by atoms with Crippen LogP contribution in [0.1, 0.15) is 11.1 Å². The van der Waals surface area contributed by atoms with Gasteiger partial charge in [-0.2, -0.15) is 8.78 Å². The summed E-state index contributed by atoms with van der Waals surface area (Å²) in [6.45, 7) is 3.40. The molecule has 0 N–H and O–H groups in total. The highest BCUT2D eigenvalue weighted by molar-refractivity contribution is 7.38. The minimum atomic E-state index is -2.81. The predicted molar refractivity (Wildman–Crippen MR) is 76.6 cm³/mol. The Kier molecular flexibility index (Phi) is 2.83. The Morgan fingerprint density at radius 1 is 1.11 bits per heavy atom. The van der Waals surface area contributed by atoms with Gasteiger partial charge in [-0.25, -0.2) is 0 Å². The molecule has 0 saturated carbocycles. The molecule has 0 aliphatic heterocycles. The van der Waals surface area contributed by atoms with Crippen molar-refractivity contribution < 1.29 is 13.2 Å². The van der Waals surface area contributed by atoms with E-state index in [2.05, 4.69) is 0 Å². The minimum Gasteiger partial charge on any atom is -0.456 e. The Labute approximate surface area is 111 Å². The van der Waals surface area contributed by atoms with E-state index in [0.717, 1.165) is 10.9 Å². The highest BCUT2D eigenvalue weighted by Crippen LogP contribution is 2.47. The van der Waals surface area contributed by atoms with Crippen LogP contribution in [-0.4, -0.2) is 6.66 Å². The molecule has 1 aromatic heterocycles. The van der Waals surface area contributed by atoms with Gasteiger partial charge in [0.15, 0.2) is 0 Å². The van der Waals surface area contributed by atoms with Gasteiger partial charge in [0.05, 0.1) is 0 Å². The fraction of sp³-hybridized carbons (Fsp3) is 0.200. The summed E-state index contributed by atoms with van der Waals surface area (Å²) >= 11 is 0. The lowest BCUT2D eigenvalue weighted by Gasteiger charge is -2.16. The second-order valence-corrected chi connectivity index (χ2v) is 5.68. The standard InChI is InChI=1S/C15H13F2OP/c1-9-7-8-11(15(16,17)19-2)13-10-5-3-4-6-12(10)18-14(9)13/h3-8,19H,1-2H3. The molecule has 1 atom stereocenters. The van der Waals surface area contributed by atoms with Crippen LogP contribution < -0.4 is 0 Å². The summed E-state index contributed by atoms with van der Waals surface area (Å²) in [6, 6.07) is 10.6. The summed E-state index contributed by atoms with van der Waals surface area (Å²) in [5.74, 6) is 0. The third kappa shape index (κ3) is 1.84. The van der Waals surface area contributed by atoms with E-state index in [9.17, 15) is 8.78 Å². The van der Waals surface area contributed by atoms with Crippen molar-refractivity contribution in [2.45, 2.75) is 12.6 Å². The molecule has 1 unspecified atom stereocenters. The van der Waals surface area contributed by atoms with Gasteiger partial charge in [0, 0.05) is 16.3 Å². The van der Waals surface area contributed by atoms with Gasteiger partial charge in [-0.3, -0.25) is 0 Å². The van der Waals surface area contributed by atoms with Crippen LogP contribution in [0.3, 0.4) is 0 Å². The van der Waals surface area contributed by atoms with E-state index in [0.29, 0.717) is 16.6 Å². The van der Waals surface area contributed by atoms with Crippen molar-refractivity contribution in [3.63, 3.8) is 0 Å². The van der Waals surface area contributed by atoms with Crippen molar-refractivity contribution in [2.75, 3.05) is 6.66 Å². The first-order valence-corrected chi connectivity index (χ1v) is 7.52. The van der Waals surface area contributed by atoms with Crippen molar-refractivity contribution in [3.8, 4) is 0 Å². The molecule has 0 fully saturated rings. The highest BCUT2D eigenvalue weighted by atomic mass is 31.1. The predicted octanol–water partition coefficient (Wildman–Crippen LogP) is 5.25. The zero-order valence-corrected chi connectivity index (χ0v) is 11.6. The van der Waals surface area contributed by atoms with Gasteiger partial charge in [-0.1, -0.05) is 30.3 Å². The fourth-order valence-electron chi connectivity index (χ4n) is 2.35. The molecular formula is C15H13F2OP. The molecule has 0 radical (unpaired) electrons. The topological polar surface area (TPSA) is 13.1 Å². The van der Waals surface area contributed by atoms with E-state index in [1.165, 1.54) is 12.7 Å². The van der Waals surface area contributed by atoms with Gasteiger partial charge < -0.3 is 4.42 Å². The Balaban J connectivity index is 2.50. The average molecular weight is 278 g/mol. The lowest BCUT2D eigenvalue weighted by atomic mass is 10.0. The van der Waals surface area contributed by atoms with E-state index in [4.69, 9.17) is 4.42 Å². The van der Waals surface area contributed by atoms with E-state index < -0.39 is 14.2 Å². The first-order valence-electron chi connectivity index (χ1n) is 6.02. The molecular weight excluding hydrogens is 265 g/mol. The van der Waals surface area contributed by atoms with Crippen LogP contribution in [0.5, 0.6) is 0 Å². The molecule has 1 nitrogen and oxygen atoms in total. The molecule has 19 heavy (non-hydrogen) atoms.